The minimum atomic E-state index is -0.551. The average Bonchev–Trinajstić information content (AvgIpc) is 3.04. The van der Waals surface area contributed by atoms with E-state index in [1.807, 2.05) is 19.9 Å². The Morgan fingerprint density at radius 2 is 2.15 bits per heavy atom. The lowest BCUT2D eigenvalue weighted by Gasteiger charge is -2.32. The van der Waals surface area contributed by atoms with Crippen molar-refractivity contribution in [3.8, 4) is 6.07 Å². The summed E-state index contributed by atoms with van der Waals surface area (Å²) in [5, 5.41) is 10.6. The van der Waals surface area contributed by atoms with E-state index < -0.39 is 5.41 Å². The molecule has 0 saturated heterocycles. The number of nitrogens with zero attached hydrogens (tertiary/aromatic N) is 2. The second-order valence-corrected chi connectivity index (χ2v) is 8.11. The Kier molecular flexibility index (Phi) is 5.12. The largest absolute Gasteiger partial charge is 0.451 e. The monoisotopic (exact) mass is 384 g/mol. The number of fused-ring (bicyclic) bond motifs is 1. The van der Waals surface area contributed by atoms with E-state index in [2.05, 4.69) is 0 Å². The van der Waals surface area contributed by atoms with Crippen LogP contribution in [0.15, 0.2) is 40.3 Å². The number of nitriles is 1. The van der Waals surface area contributed by atoms with Crippen molar-refractivity contribution in [2.45, 2.75) is 26.7 Å². The van der Waals surface area contributed by atoms with Gasteiger partial charge in [0.25, 0.3) is 5.91 Å². The molecule has 27 heavy (non-hydrogen) atoms. The summed E-state index contributed by atoms with van der Waals surface area (Å²) in [5.41, 5.74) is 0.287. The van der Waals surface area contributed by atoms with Gasteiger partial charge in [0.2, 0.25) is 0 Å². The number of carbonyl (C=O) groups excluding carboxylic acids is 2. The lowest BCUT2D eigenvalue weighted by Crippen LogP contribution is -2.34. The molecule has 1 aromatic carbocycles. The van der Waals surface area contributed by atoms with Crippen molar-refractivity contribution in [1.29, 1.82) is 5.26 Å². The highest BCUT2D eigenvalue weighted by atomic mass is 35.5. The van der Waals surface area contributed by atoms with Crippen LogP contribution in [0, 0.1) is 22.7 Å². The molecule has 1 unspecified atom stereocenters. The van der Waals surface area contributed by atoms with Gasteiger partial charge in [0.05, 0.1) is 5.57 Å². The van der Waals surface area contributed by atoms with Gasteiger partial charge in [-0.25, -0.2) is 0 Å². The maximum atomic E-state index is 12.6. The van der Waals surface area contributed by atoms with Crippen LogP contribution in [0.5, 0.6) is 0 Å². The maximum absolute atomic E-state index is 12.6. The van der Waals surface area contributed by atoms with Gasteiger partial charge in [-0.15, -0.1) is 0 Å². The first-order chi connectivity index (χ1) is 12.7. The lowest BCUT2D eigenvalue weighted by atomic mass is 9.71. The van der Waals surface area contributed by atoms with E-state index in [1.54, 1.807) is 42.3 Å². The summed E-state index contributed by atoms with van der Waals surface area (Å²) in [6.45, 7) is 4.23. The summed E-state index contributed by atoms with van der Waals surface area (Å²) >= 11 is 5.97. The molecule has 1 amide bonds. The SMILES string of the molecule is CN(CCC1C=C(C#N)C(=O)C(C)(C)C1)C(=O)c1cc2cc(Cl)ccc2o1. The molecule has 0 spiro atoms. The number of allylic oxidation sites excluding steroid dienone is 2. The quantitative estimate of drug-likeness (QED) is 0.771. The molecule has 5 nitrogen and oxygen atoms in total. The minimum absolute atomic E-state index is 0.0806. The van der Waals surface area contributed by atoms with Crippen LogP contribution in [-0.2, 0) is 4.79 Å². The lowest BCUT2D eigenvalue weighted by molar-refractivity contribution is -0.124. The number of halogens is 1. The summed E-state index contributed by atoms with van der Waals surface area (Å²) in [4.78, 5) is 26.4. The predicted octanol–water partition coefficient (Wildman–Crippen LogP) is 4.61. The van der Waals surface area contributed by atoms with E-state index in [9.17, 15) is 14.9 Å². The summed E-state index contributed by atoms with van der Waals surface area (Å²) in [7, 11) is 1.72. The molecule has 0 radical (unpaired) electrons. The molecule has 0 aliphatic heterocycles. The molecular formula is C21H21ClN2O3. The highest BCUT2D eigenvalue weighted by Gasteiger charge is 2.37. The molecule has 0 bridgehead atoms. The smallest absolute Gasteiger partial charge is 0.289 e. The molecule has 1 heterocycles. The molecule has 6 heteroatoms. The molecule has 1 atom stereocenters. The number of rotatable bonds is 4. The van der Waals surface area contributed by atoms with E-state index in [1.165, 1.54) is 0 Å². The van der Waals surface area contributed by atoms with Crippen molar-refractivity contribution in [1.82, 2.24) is 4.90 Å². The van der Waals surface area contributed by atoms with Crippen molar-refractivity contribution in [3.05, 3.63) is 46.7 Å². The normalized spacial score (nSPS) is 18.9. The van der Waals surface area contributed by atoms with E-state index in [4.69, 9.17) is 16.0 Å². The predicted molar refractivity (Wildman–Crippen MR) is 103 cm³/mol. The summed E-state index contributed by atoms with van der Waals surface area (Å²) in [5.74, 6) is 0.0313. The standard InChI is InChI=1S/C21H21ClN2O3/c1-21(2)11-13(8-15(12-23)19(21)25)6-7-24(3)20(26)18-10-14-9-16(22)4-5-17(14)27-18/h4-5,8-10,13H,6-7,11H2,1-3H3. The summed E-state index contributed by atoms with van der Waals surface area (Å²) in [6, 6.07) is 8.91. The van der Waals surface area contributed by atoms with Crippen LogP contribution in [-0.4, -0.2) is 30.2 Å². The number of benzene rings is 1. The van der Waals surface area contributed by atoms with Crippen LogP contribution in [0.1, 0.15) is 37.2 Å². The summed E-state index contributed by atoms with van der Waals surface area (Å²) < 4.78 is 5.63. The molecule has 1 aliphatic carbocycles. The van der Waals surface area contributed by atoms with Gasteiger partial charge in [0, 0.05) is 29.4 Å². The van der Waals surface area contributed by atoms with Crippen molar-refractivity contribution >= 4 is 34.3 Å². The average molecular weight is 385 g/mol. The first-order valence-electron chi connectivity index (χ1n) is 8.82. The first-order valence-corrected chi connectivity index (χ1v) is 9.20. The molecule has 0 saturated carbocycles. The van der Waals surface area contributed by atoms with Crippen LogP contribution >= 0.6 is 11.6 Å². The van der Waals surface area contributed by atoms with Crippen LogP contribution in [0.3, 0.4) is 0 Å². The van der Waals surface area contributed by atoms with Gasteiger partial charge in [-0.3, -0.25) is 9.59 Å². The van der Waals surface area contributed by atoms with Crippen LogP contribution < -0.4 is 0 Å². The van der Waals surface area contributed by atoms with Crippen molar-refractivity contribution < 1.29 is 14.0 Å². The van der Waals surface area contributed by atoms with E-state index >= 15 is 0 Å². The Bertz CT molecular complexity index is 981. The van der Waals surface area contributed by atoms with Gasteiger partial charge >= 0.3 is 0 Å². The van der Waals surface area contributed by atoms with Gasteiger partial charge in [-0.2, -0.15) is 5.26 Å². The molecule has 2 aromatic rings. The molecule has 1 aromatic heterocycles. The van der Waals surface area contributed by atoms with Crippen LogP contribution in [0.4, 0.5) is 0 Å². The summed E-state index contributed by atoms with van der Waals surface area (Å²) in [6.07, 6.45) is 3.09. The minimum Gasteiger partial charge on any atom is -0.451 e. The first kappa shape index (κ1) is 19.2. The second-order valence-electron chi connectivity index (χ2n) is 7.68. The fraction of sp³-hybridized carbons (Fsp3) is 0.381. The number of hydrogen-bond acceptors (Lipinski definition) is 4. The van der Waals surface area contributed by atoms with Crippen molar-refractivity contribution in [3.63, 3.8) is 0 Å². The number of Topliss-reactive ketones (excluding diaryl/α,β-unsaturated/α-hetero) is 1. The van der Waals surface area contributed by atoms with Gasteiger partial charge in [-0.1, -0.05) is 31.5 Å². The number of furan rings is 1. The molecule has 1 aliphatic rings. The Morgan fingerprint density at radius 1 is 1.41 bits per heavy atom. The molecule has 0 N–H and O–H groups in total. The number of hydrogen-bond donors (Lipinski definition) is 0. The van der Waals surface area contributed by atoms with Gasteiger partial charge < -0.3 is 9.32 Å². The molecule has 0 fully saturated rings. The third-order valence-electron chi connectivity index (χ3n) is 5.03. The Labute approximate surface area is 163 Å². The highest BCUT2D eigenvalue weighted by Crippen LogP contribution is 2.36. The van der Waals surface area contributed by atoms with E-state index in [0.717, 1.165) is 5.39 Å². The molecular weight excluding hydrogens is 364 g/mol. The fourth-order valence-electron chi connectivity index (χ4n) is 3.53. The van der Waals surface area contributed by atoms with Crippen LogP contribution in [0.2, 0.25) is 5.02 Å². The number of ketones is 1. The zero-order chi connectivity index (χ0) is 19.8. The Morgan fingerprint density at radius 3 is 2.85 bits per heavy atom. The number of amides is 1. The molecule has 3 rings (SSSR count). The maximum Gasteiger partial charge on any atom is 0.289 e. The van der Waals surface area contributed by atoms with Crippen molar-refractivity contribution in [2.75, 3.05) is 13.6 Å². The Balaban J connectivity index is 1.68. The third-order valence-corrected chi connectivity index (χ3v) is 5.26. The van der Waals surface area contributed by atoms with Crippen molar-refractivity contribution in [2.24, 2.45) is 11.3 Å². The van der Waals surface area contributed by atoms with Gasteiger partial charge in [-0.05, 0) is 43.0 Å². The molecule has 140 valence electrons. The van der Waals surface area contributed by atoms with Crippen LogP contribution in [0.25, 0.3) is 11.0 Å². The fourth-order valence-corrected chi connectivity index (χ4v) is 3.71. The Hall–Kier alpha value is -2.58. The number of carbonyl (C=O) groups is 2. The third kappa shape index (κ3) is 3.91. The topological polar surface area (TPSA) is 74.3 Å². The van der Waals surface area contributed by atoms with Gasteiger partial charge in [0.15, 0.2) is 11.5 Å². The second kappa shape index (κ2) is 7.21. The van der Waals surface area contributed by atoms with Gasteiger partial charge in [0.1, 0.15) is 11.7 Å². The zero-order valence-corrected chi connectivity index (χ0v) is 16.3. The van der Waals surface area contributed by atoms with E-state index in [-0.39, 0.29) is 28.9 Å². The van der Waals surface area contributed by atoms with E-state index in [0.29, 0.717) is 30.0 Å². The zero-order valence-electron chi connectivity index (χ0n) is 15.6. The highest BCUT2D eigenvalue weighted by molar-refractivity contribution is 6.31.